The van der Waals surface area contributed by atoms with Gasteiger partial charge in [0, 0.05) is 43.9 Å². The Morgan fingerprint density at radius 1 is 1.09 bits per heavy atom. The van der Waals surface area contributed by atoms with Crippen LogP contribution in [0.3, 0.4) is 0 Å². The fraction of sp³-hybridized carbons (Fsp3) is 0.500. The van der Waals surface area contributed by atoms with Crippen molar-refractivity contribution in [2.75, 3.05) is 26.7 Å². The van der Waals surface area contributed by atoms with E-state index in [9.17, 15) is 19.7 Å². The molecule has 0 aliphatic carbocycles. The number of fused-ring (bicyclic) bond motifs is 10. The summed E-state index contributed by atoms with van der Waals surface area (Å²) < 4.78 is 5.85. The summed E-state index contributed by atoms with van der Waals surface area (Å²) in [5, 5.41) is 11.8. The Morgan fingerprint density at radius 2 is 1.91 bits per heavy atom. The number of carbonyl (C=O) groups is 2. The molecule has 4 heterocycles. The number of aryl methyl sites for hydroxylation is 1. The van der Waals surface area contributed by atoms with Gasteiger partial charge in [-0.25, -0.2) is 9.97 Å². The molecule has 1 aromatic carbocycles. The van der Waals surface area contributed by atoms with E-state index in [1.54, 1.807) is 31.0 Å². The maximum Gasteiger partial charge on any atom is 0.311 e. The van der Waals surface area contributed by atoms with Crippen LogP contribution in [0.5, 0.6) is 5.75 Å². The van der Waals surface area contributed by atoms with Gasteiger partial charge in [-0.1, -0.05) is 6.42 Å². The molecule has 180 valence electrons. The predicted molar refractivity (Wildman–Crippen MR) is 125 cm³/mol. The largest absolute Gasteiger partial charge is 0.485 e. The highest BCUT2D eigenvalue weighted by Gasteiger charge is 2.30. The Kier molecular flexibility index (Phi) is 7.04. The van der Waals surface area contributed by atoms with E-state index >= 15 is 0 Å². The van der Waals surface area contributed by atoms with Gasteiger partial charge in [-0.2, -0.15) is 0 Å². The SMILES string of the molecule is Cc1cc2nc(n1)-c1ccc(c([N+](=O)[O-])c1)OC[C@@H]1CCCN1C(=O)CCCCCN(C)C2=O. The summed E-state index contributed by atoms with van der Waals surface area (Å²) in [6.45, 7) is 3.19. The number of benzene rings is 1. The third kappa shape index (κ3) is 5.16. The molecule has 3 aliphatic rings. The lowest BCUT2D eigenvalue weighted by atomic mass is 10.1. The van der Waals surface area contributed by atoms with Crippen LogP contribution in [0.4, 0.5) is 5.69 Å². The Hall–Kier alpha value is -3.56. The smallest absolute Gasteiger partial charge is 0.311 e. The molecule has 0 unspecified atom stereocenters. The molecule has 0 N–H and O–H groups in total. The molecule has 0 radical (unpaired) electrons. The normalized spacial score (nSPS) is 19.8. The van der Waals surface area contributed by atoms with Crippen LogP contribution < -0.4 is 4.74 Å². The third-order valence-corrected chi connectivity index (χ3v) is 6.35. The quantitative estimate of drug-likeness (QED) is 0.466. The van der Waals surface area contributed by atoms with Gasteiger partial charge in [-0.15, -0.1) is 0 Å². The van der Waals surface area contributed by atoms with Crippen LogP contribution in [0.15, 0.2) is 24.3 Å². The third-order valence-electron chi connectivity index (χ3n) is 6.35. The number of nitro benzene ring substituents is 1. The van der Waals surface area contributed by atoms with Gasteiger partial charge in [0.2, 0.25) is 5.91 Å². The second kappa shape index (κ2) is 10.1. The molecule has 10 heteroatoms. The molecule has 3 aliphatic heterocycles. The van der Waals surface area contributed by atoms with Crippen LogP contribution in [0.2, 0.25) is 0 Å². The summed E-state index contributed by atoms with van der Waals surface area (Å²) >= 11 is 0. The number of ether oxygens (including phenoxy) is 1. The van der Waals surface area contributed by atoms with Crippen LogP contribution in [0.25, 0.3) is 11.4 Å². The summed E-state index contributed by atoms with van der Waals surface area (Å²) in [7, 11) is 1.72. The summed E-state index contributed by atoms with van der Waals surface area (Å²) in [5.74, 6) is 0.224. The molecule has 2 amide bonds. The van der Waals surface area contributed by atoms with Gasteiger partial charge in [0.25, 0.3) is 5.91 Å². The van der Waals surface area contributed by atoms with E-state index in [0.717, 1.165) is 32.1 Å². The number of amides is 2. The highest BCUT2D eigenvalue weighted by atomic mass is 16.6. The highest BCUT2D eigenvalue weighted by Crippen LogP contribution is 2.32. The van der Waals surface area contributed by atoms with Crippen molar-refractivity contribution in [1.82, 2.24) is 19.8 Å². The Balaban J connectivity index is 1.71. The van der Waals surface area contributed by atoms with E-state index in [2.05, 4.69) is 9.97 Å². The molecule has 0 saturated carbocycles. The van der Waals surface area contributed by atoms with Gasteiger partial charge >= 0.3 is 5.69 Å². The van der Waals surface area contributed by atoms with E-state index in [-0.39, 0.29) is 47.4 Å². The van der Waals surface area contributed by atoms with Gasteiger partial charge in [-0.3, -0.25) is 19.7 Å². The maximum atomic E-state index is 13.0. The van der Waals surface area contributed by atoms with E-state index in [1.807, 2.05) is 4.90 Å². The molecule has 4 bridgehead atoms. The van der Waals surface area contributed by atoms with E-state index in [0.29, 0.717) is 30.8 Å². The lowest BCUT2D eigenvalue weighted by Gasteiger charge is -2.25. The lowest BCUT2D eigenvalue weighted by Crippen LogP contribution is -2.39. The van der Waals surface area contributed by atoms with Crippen molar-refractivity contribution in [2.45, 2.75) is 51.5 Å². The van der Waals surface area contributed by atoms with Crippen LogP contribution in [0.1, 0.15) is 54.7 Å². The number of nitro groups is 1. The number of carbonyl (C=O) groups excluding carboxylic acids is 2. The average Bonchev–Trinajstić information content (AvgIpc) is 3.29. The van der Waals surface area contributed by atoms with Crippen molar-refractivity contribution >= 4 is 17.5 Å². The molecule has 1 saturated heterocycles. The maximum absolute atomic E-state index is 13.0. The standard InChI is InChI=1S/C24H29N5O5/c1-16-13-19-24(31)27(2)11-5-3-4-8-22(30)28-12-6-7-18(28)15-34-21-10-9-17(23(25-16)26-19)14-20(21)29(32)33/h9-10,13-14,18H,3-8,11-12,15H2,1-2H3/t18-/m0/s1. The Morgan fingerprint density at radius 3 is 2.71 bits per heavy atom. The summed E-state index contributed by atoms with van der Waals surface area (Å²) in [4.78, 5) is 49.3. The fourth-order valence-corrected chi connectivity index (χ4v) is 4.49. The molecule has 1 atom stereocenters. The van der Waals surface area contributed by atoms with Gasteiger partial charge in [0.1, 0.15) is 12.3 Å². The number of hydrogen-bond acceptors (Lipinski definition) is 7. The van der Waals surface area contributed by atoms with E-state index in [4.69, 9.17) is 4.74 Å². The molecule has 5 rings (SSSR count). The summed E-state index contributed by atoms with van der Waals surface area (Å²) in [6.07, 6.45) is 4.51. The van der Waals surface area contributed by atoms with Crippen molar-refractivity contribution in [3.05, 3.63) is 45.8 Å². The van der Waals surface area contributed by atoms with Crippen molar-refractivity contribution in [2.24, 2.45) is 0 Å². The van der Waals surface area contributed by atoms with Crippen LogP contribution in [-0.4, -0.2) is 69.3 Å². The topological polar surface area (TPSA) is 119 Å². The van der Waals surface area contributed by atoms with E-state index in [1.165, 1.54) is 12.1 Å². The van der Waals surface area contributed by atoms with E-state index < -0.39 is 4.92 Å². The number of rotatable bonds is 1. The van der Waals surface area contributed by atoms with Crippen LogP contribution >= 0.6 is 0 Å². The second-order valence-corrected chi connectivity index (χ2v) is 8.89. The minimum atomic E-state index is -0.505. The summed E-state index contributed by atoms with van der Waals surface area (Å²) in [5.41, 5.74) is 1.05. The highest BCUT2D eigenvalue weighted by molar-refractivity contribution is 5.92. The minimum Gasteiger partial charge on any atom is -0.485 e. The number of nitrogens with zero attached hydrogens (tertiary/aromatic N) is 5. The fourth-order valence-electron chi connectivity index (χ4n) is 4.49. The molecule has 0 spiro atoms. The van der Waals surface area contributed by atoms with Gasteiger partial charge in [0.15, 0.2) is 11.6 Å². The van der Waals surface area contributed by atoms with Crippen molar-refractivity contribution in [1.29, 1.82) is 0 Å². The zero-order valence-corrected chi connectivity index (χ0v) is 19.5. The first-order valence-electron chi connectivity index (χ1n) is 11.7. The monoisotopic (exact) mass is 467 g/mol. The molecule has 1 fully saturated rings. The average molecular weight is 468 g/mol. The molecule has 10 nitrogen and oxygen atoms in total. The first-order chi connectivity index (χ1) is 16.3. The first-order valence-corrected chi connectivity index (χ1v) is 11.7. The Labute approximate surface area is 198 Å². The van der Waals surface area contributed by atoms with Crippen LogP contribution in [0, 0.1) is 17.0 Å². The first kappa shape index (κ1) is 23.6. The molecule has 34 heavy (non-hydrogen) atoms. The van der Waals surface area contributed by atoms with Gasteiger partial charge in [0.05, 0.1) is 11.0 Å². The van der Waals surface area contributed by atoms with Crippen molar-refractivity contribution in [3.63, 3.8) is 0 Å². The van der Waals surface area contributed by atoms with Crippen LogP contribution in [-0.2, 0) is 4.79 Å². The molecular weight excluding hydrogens is 438 g/mol. The predicted octanol–water partition coefficient (Wildman–Crippen LogP) is 3.38. The number of aromatic nitrogens is 2. The lowest BCUT2D eigenvalue weighted by molar-refractivity contribution is -0.385. The van der Waals surface area contributed by atoms with Gasteiger partial charge in [-0.05, 0) is 50.8 Å². The van der Waals surface area contributed by atoms with Crippen molar-refractivity contribution < 1.29 is 19.2 Å². The second-order valence-electron chi connectivity index (χ2n) is 8.89. The summed E-state index contributed by atoms with van der Waals surface area (Å²) in [6, 6.07) is 6.07. The minimum absolute atomic E-state index is 0.0834. The van der Waals surface area contributed by atoms with Gasteiger partial charge < -0.3 is 14.5 Å². The zero-order valence-electron chi connectivity index (χ0n) is 19.5. The molecule has 2 aromatic rings. The Bertz CT molecular complexity index is 1110. The zero-order chi connectivity index (χ0) is 24.2. The molecule has 1 aromatic heterocycles. The molecular formula is C24H29N5O5. The van der Waals surface area contributed by atoms with Crippen molar-refractivity contribution in [3.8, 4) is 17.1 Å². The number of hydrogen-bond donors (Lipinski definition) is 0.